The van der Waals surface area contributed by atoms with Crippen LogP contribution in [0.3, 0.4) is 0 Å². The maximum absolute atomic E-state index is 13.2. The molecule has 0 unspecified atom stereocenters. The molecule has 2 heterocycles. The molecule has 0 fully saturated rings. The molecule has 3 aromatic rings. The molecule has 1 aromatic carbocycles. The second-order valence-electron chi connectivity index (χ2n) is 7.18. The molecule has 0 aliphatic heterocycles. The van der Waals surface area contributed by atoms with Crippen molar-refractivity contribution in [2.45, 2.75) is 37.9 Å². The fourth-order valence-electron chi connectivity index (χ4n) is 3.68. The number of rotatable bonds is 9. The average molecular weight is 460 g/mol. The molecular weight excluding hydrogens is 434 g/mol. The van der Waals surface area contributed by atoms with Gasteiger partial charge in [0.25, 0.3) is 5.56 Å². The Morgan fingerprint density at radius 2 is 2.10 bits per heavy atom. The van der Waals surface area contributed by atoms with Gasteiger partial charge in [0.05, 0.1) is 30.9 Å². The highest BCUT2D eigenvalue weighted by molar-refractivity contribution is 7.99. The normalized spacial score (nSPS) is 12.8. The summed E-state index contributed by atoms with van der Waals surface area (Å²) >= 11 is 2.88. The molecule has 1 amide bonds. The largest absolute Gasteiger partial charge is 0.494 e. The van der Waals surface area contributed by atoms with E-state index in [-0.39, 0.29) is 17.2 Å². The number of hydrogen-bond donors (Lipinski definition) is 1. The number of aryl methyl sites for hydroxylation is 2. The van der Waals surface area contributed by atoms with Gasteiger partial charge in [-0.3, -0.25) is 14.2 Å². The number of nitrogens with zero attached hydrogens (tertiary/aromatic N) is 2. The van der Waals surface area contributed by atoms with Crippen LogP contribution in [0, 0.1) is 0 Å². The summed E-state index contributed by atoms with van der Waals surface area (Å²) in [4.78, 5) is 32.5. The molecular formula is C22H25N3O4S2. The Morgan fingerprint density at radius 3 is 2.84 bits per heavy atom. The van der Waals surface area contributed by atoms with Gasteiger partial charge in [-0.1, -0.05) is 11.8 Å². The first-order valence-electron chi connectivity index (χ1n) is 10.3. The summed E-state index contributed by atoms with van der Waals surface area (Å²) in [6.45, 7) is 3.34. The van der Waals surface area contributed by atoms with Gasteiger partial charge in [0.2, 0.25) is 5.91 Å². The molecule has 0 spiro atoms. The van der Waals surface area contributed by atoms with E-state index < -0.39 is 0 Å². The minimum absolute atomic E-state index is 0.0316. The highest BCUT2D eigenvalue weighted by Crippen LogP contribution is 2.35. The summed E-state index contributed by atoms with van der Waals surface area (Å²) in [5, 5.41) is 4.17. The van der Waals surface area contributed by atoms with E-state index in [2.05, 4.69) is 5.32 Å². The van der Waals surface area contributed by atoms with Crippen LogP contribution in [0.1, 0.15) is 23.8 Å². The third-order valence-corrected chi connectivity index (χ3v) is 7.25. The number of aromatic nitrogens is 2. The number of fused-ring (bicyclic) bond motifs is 3. The van der Waals surface area contributed by atoms with Crippen molar-refractivity contribution in [1.29, 1.82) is 0 Å². The standard InChI is InChI=1S/C22H25N3O4S2/c1-3-29-15-9-7-14(8-10-15)23-18(26)13-30-22-24-20-19(16-5-4-6-17(16)31-20)21(27)25(22)11-12-28-2/h7-10H,3-6,11-13H2,1-2H3,(H,23,26). The van der Waals surface area contributed by atoms with E-state index >= 15 is 0 Å². The Labute approximate surface area is 188 Å². The molecule has 4 rings (SSSR count). The predicted octanol–water partition coefficient (Wildman–Crippen LogP) is 3.72. The lowest BCUT2D eigenvalue weighted by molar-refractivity contribution is -0.113. The molecule has 31 heavy (non-hydrogen) atoms. The molecule has 1 aliphatic rings. The fraction of sp³-hybridized carbons (Fsp3) is 0.409. The first-order chi connectivity index (χ1) is 15.1. The van der Waals surface area contributed by atoms with Crippen LogP contribution in [-0.2, 0) is 28.9 Å². The van der Waals surface area contributed by atoms with Crippen LogP contribution in [0.25, 0.3) is 10.2 Å². The Hall–Kier alpha value is -2.36. The zero-order chi connectivity index (χ0) is 21.8. The Kier molecular flexibility index (Phi) is 6.94. The summed E-state index contributed by atoms with van der Waals surface area (Å²) in [6.07, 6.45) is 3.05. The summed E-state index contributed by atoms with van der Waals surface area (Å²) in [5.74, 6) is 0.760. The number of anilines is 1. The highest BCUT2D eigenvalue weighted by Gasteiger charge is 2.23. The van der Waals surface area contributed by atoms with Crippen molar-refractivity contribution in [3.63, 3.8) is 0 Å². The van der Waals surface area contributed by atoms with E-state index in [1.54, 1.807) is 35.1 Å². The van der Waals surface area contributed by atoms with Gasteiger partial charge in [0.1, 0.15) is 10.6 Å². The van der Waals surface area contributed by atoms with Crippen molar-refractivity contribution >= 4 is 44.9 Å². The number of carbonyl (C=O) groups excluding carboxylic acids is 1. The SMILES string of the molecule is CCOc1ccc(NC(=O)CSc2nc3sc4c(c3c(=O)n2CCOC)CCC4)cc1. The van der Waals surface area contributed by atoms with Crippen LogP contribution < -0.4 is 15.6 Å². The molecule has 1 N–H and O–H groups in total. The maximum atomic E-state index is 13.2. The Morgan fingerprint density at radius 1 is 1.29 bits per heavy atom. The number of carbonyl (C=O) groups is 1. The van der Waals surface area contributed by atoms with Crippen LogP contribution in [0.2, 0.25) is 0 Å². The van der Waals surface area contributed by atoms with Gasteiger partial charge >= 0.3 is 0 Å². The number of amides is 1. The first kappa shape index (κ1) is 21.9. The minimum atomic E-state index is -0.157. The Bertz CT molecular complexity index is 1140. The van der Waals surface area contributed by atoms with Gasteiger partial charge in [-0.2, -0.15) is 0 Å². The van der Waals surface area contributed by atoms with Crippen molar-refractivity contribution in [2.75, 3.05) is 31.4 Å². The predicted molar refractivity (Wildman–Crippen MR) is 125 cm³/mol. The highest BCUT2D eigenvalue weighted by atomic mass is 32.2. The maximum Gasteiger partial charge on any atom is 0.263 e. The van der Waals surface area contributed by atoms with Gasteiger partial charge in [-0.25, -0.2) is 4.98 Å². The molecule has 164 valence electrons. The third-order valence-electron chi connectivity index (χ3n) is 5.09. The fourth-order valence-corrected chi connectivity index (χ4v) is 5.80. The second-order valence-corrected chi connectivity index (χ2v) is 9.20. The Balaban J connectivity index is 1.51. The number of hydrogen-bond acceptors (Lipinski definition) is 7. The topological polar surface area (TPSA) is 82.5 Å². The molecule has 9 heteroatoms. The summed E-state index contributed by atoms with van der Waals surface area (Å²) in [7, 11) is 1.61. The van der Waals surface area contributed by atoms with Gasteiger partial charge in [-0.15, -0.1) is 11.3 Å². The van der Waals surface area contributed by atoms with Crippen LogP contribution in [-0.4, -0.2) is 41.5 Å². The molecule has 0 radical (unpaired) electrons. The van der Waals surface area contributed by atoms with Gasteiger partial charge in [-0.05, 0) is 56.0 Å². The average Bonchev–Trinajstić information content (AvgIpc) is 3.34. The van der Waals surface area contributed by atoms with E-state index in [9.17, 15) is 9.59 Å². The monoisotopic (exact) mass is 459 g/mol. The molecule has 0 saturated heterocycles. The summed E-state index contributed by atoms with van der Waals surface area (Å²) in [6, 6.07) is 7.25. The molecule has 0 atom stereocenters. The molecule has 2 aromatic heterocycles. The second kappa shape index (κ2) is 9.84. The van der Waals surface area contributed by atoms with Crippen LogP contribution in [0.4, 0.5) is 5.69 Å². The third kappa shape index (κ3) is 4.78. The van der Waals surface area contributed by atoms with E-state index in [0.29, 0.717) is 30.6 Å². The number of thioether (sulfide) groups is 1. The molecule has 0 bridgehead atoms. The molecule has 1 aliphatic carbocycles. The van der Waals surface area contributed by atoms with Crippen LogP contribution >= 0.6 is 23.1 Å². The lowest BCUT2D eigenvalue weighted by Crippen LogP contribution is -2.26. The van der Waals surface area contributed by atoms with Crippen LogP contribution in [0.5, 0.6) is 5.75 Å². The number of ether oxygens (including phenoxy) is 2. The number of benzene rings is 1. The zero-order valence-corrected chi connectivity index (χ0v) is 19.2. The van der Waals surface area contributed by atoms with Crippen LogP contribution in [0.15, 0.2) is 34.2 Å². The molecule has 7 nitrogen and oxygen atoms in total. The summed E-state index contributed by atoms with van der Waals surface area (Å²) < 4.78 is 12.3. The number of nitrogens with one attached hydrogen (secondary N) is 1. The van der Waals surface area contributed by atoms with Crippen molar-refractivity contribution in [2.24, 2.45) is 0 Å². The van der Waals surface area contributed by atoms with E-state index in [4.69, 9.17) is 14.5 Å². The lowest BCUT2D eigenvalue weighted by atomic mass is 10.2. The van der Waals surface area contributed by atoms with Gasteiger partial charge < -0.3 is 14.8 Å². The van der Waals surface area contributed by atoms with Crippen molar-refractivity contribution in [1.82, 2.24) is 9.55 Å². The smallest absolute Gasteiger partial charge is 0.263 e. The van der Waals surface area contributed by atoms with Crippen molar-refractivity contribution < 1.29 is 14.3 Å². The van der Waals surface area contributed by atoms with Gasteiger partial charge in [0.15, 0.2) is 5.16 Å². The van der Waals surface area contributed by atoms with E-state index in [1.807, 2.05) is 19.1 Å². The summed E-state index contributed by atoms with van der Waals surface area (Å²) in [5.41, 5.74) is 1.83. The van der Waals surface area contributed by atoms with Crippen molar-refractivity contribution in [3.8, 4) is 5.75 Å². The van der Waals surface area contributed by atoms with E-state index in [1.165, 1.54) is 16.6 Å². The first-order valence-corrected chi connectivity index (χ1v) is 12.1. The van der Waals surface area contributed by atoms with E-state index in [0.717, 1.165) is 40.8 Å². The van der Waals surface area contributed by atoms with Gasteiger partial charge in [0, 0.05) is 17.7 Å². The quantitative estimate of drug-likeness (QED) is 0.388. The van der Waals surface area contributed by atoms with Crippen molar-refractivity contribution in [3.05, 3.63) is 45.1 Å². The molecule has 0 saturated carbocycles. The number of methoxy groups -OCH3 is 1. The lowest BCUT2D eigenvalue weighted by Gasteiger charge is -2.12. The number of thiophene rings is 1. The zero-order valence-electron chi connectivity index (χ0n) is 17.6. The minimum Gasteiger partial charge on any atom is -0.494 e.